The molecule has 0 saturated carbocycles. The minimum absolute atomic E-state index is 0.0186. The van der Waals surface area contributed by atoms with Crippen LogP contribution in [0, 0.1) is 0 Å². The molecule has 0 atom stereocenters. The molecule has 0 N–H and O–H groups in total. The Balaban J connectivity index is 1.96. The number of carbonyl (C=O) groups excluding carboxylic acids is 1. The van der Waals surface area contributed by atoms with Crippen molar-refractivity contribution in [3.8, 4) is 0 Å². The third-order valence-electron chi connectivity index (χ3n) is 3.23. The lowest BCUT2D eigenvalue weighted by atomic mass is 10.1. The maximum atomic E-state index is 12.4. The summed E-state index contributed by atoms with van der Waals surface area (Å²) in [6.45, 7) is 2.47. The molecule has 0 spiro atoms. The number of hydrogen-bond acceptors (Lipinski definition) is 3. The second-order valence-corrected chi connectivity index (χ2v) is 4.84. The van der Waals surface area contributed by atoms with Gasteiger partial charge in [-0.05, 0) is 24.3 Å². The largest absolute Gasteiger partial charge is 0.378 e. The minimum atomic E-state index is 0.0186. The Morgan fingerprint density at radius 3 is 2.84 bits per heavy atom. The summed E-state index contributed by atoms with van der Waals surface area (Å²) in [5.74, 6) is 0.0186. The number of pyridine rings is 1. The maximum Gasteiger partial charge on any atom is 0.254 e. The van der Waals surface area contributed by atoms with E-state index in [1.54, 1.807) is 23.2 Å². The van der Waals surface area contributed by atoms with Crippen LogP contribution in [0.5, 0.6) is 0 Å². The average Bonchev–Trinajstić information content (AvgIpc) is 2.47. The summed E-state index contributed by atoms with van der Waals surface area (Å²) in [5, 5.41) is 1.42. The van der Waals surface area contributed by atoms with E-state index in [9.17, 15) is 4.79 Å². The Morgan fingerprint density at radius 1 is 1.26 bits per heavy atom. The zero-order valence-corrected chi connectivity index (χ0v) is 11.1. The number of halogens is 1. The summed E-state index contributed by atoms with van der Waals surface area (Å²) in [4.78, 5) is 18.4. The van der Waals surface area contributed by atoms with Crippen molar-refractivity contribution in [2.45, 2.75) is 0 Å². The summed E-state index contributed by atoms with van der Waals surface area (Å²) in [6.07, 6.45) is 1.66. The SMILES string of the molecule is O=C(c1ccc2nccc(Cl)c2c1)N1CCOCC1. The van der Waals surface area contributed by atoms with E-state index < -0.39 is 0 Å². The van der Waals surface area contributed by atoms with Gasteiger partial charge in [0.05, 0.1) is 23.8 Å². The second-order valence-electron chi connectivity index (χ2n) is 4.43. The third-order valence-corrected chi connectivity index (χ3v) is 3.56. The second kappa shape index (κ2) is 5.15. The number of aromatic nitrogens is 1. The molecule has 1 aromatic heterocycles. The van der Waals surface area contributed by atoms with Gasteiger partial charge in [-0.3, -0.25) is 9.78 Å². The van der Waals surface area contributed by atoms with Crippen molar-refractivity contribution >= 4 is 28.4 Å². The lowest BCUT2D eigenvalue weighted by Crippen LogP contribution is -2.40. The molecule has 1 aromatic carbocycles. The van der Waals surface area contributed by atoms with E-state index in [0.717, 1.165) is 10.9 Å². The van der Waals surface area contributed by atoms with Crippen molar-refractivity contribution in [1.29, 1.82) is 0 Å². The molecule has 4 nitrogen and oxygen atoms in total. The molecule has 0 aliphatic carbocycles. The molecule has 1 aliphatic heterocycles. The van der Waals surface area contributed by atoms with E-state index in [1.165, 1.54) is 0 Å². The molecule has 2 heterocycles. The number of nitrogens with zero attached hydrogens (tertiary/aromatic N) is 2. The average molecular weight is 277 g/mol. The number of rotatable bonds is 1. The summed E-state index contributed by atoms with van der Waals surface area (Å²) >= 11 is 6.13. The van der Waals surface area contributed by atoms with Crippen LogP contribution >= 0.6 is 11.6 Å². The van der Waals surface area contributed by atoms with Crippen LogP contribution < -0.4 is 0 Å². The molecule has 3 rings (SSSR count). The number of benzene rings is 1. The van der Waals surface area contributed by atoms with Crippen LogP contribution in [0.4, 0.5) is 0 Å². The Bertz CT molecular complexity index is 624. The zero-order valence-electron chi connectivity index (χ0n) is 10.3. The number of fused-ring (bicyclic) bond motifs is 1. The Hall–Kier alpha value is -1.65. The minimum Gasteiger partial charge on any atom is -0.378 e. The highest BCUT2D eigenvalue weighted by atomic mass is 35.5. The van der Waals surface area contributed by atoms with E-state index in [0.29, 0.717) is 36.9 Å². The van der Waals surface area contributed by atoms with Gasteiger partial charge < -0.3 is 9.64 Å². The fraction of sp³-hybridized carbons (Fsp3) is 0.286. The Labute approximate surface area is 115 Å². The van der Waals surface area contributed by atoms with Crippen molar-refractivity contribution in [2.24, 2.45) is 0 Å². The fourth-order valence-corrected chi connectivity index (χ4v) is 2.40. The van der Waals surface area contributed by atoms with Crippen LogP contribution in [0.2, 0.25) is 5.02 Å². The van der Waals surface area contributed by atoms with Crippen LogP contribution in [0.25, 0.3) is 10.9 Å². The van der Waals surface area contributed by atoms with E-state index >= 15 is 0 Å². The van der Waals surface area contributed by atoms with Gasteiger partial charge in [0.1, 0.15) is 0 Å². The standard InChI is InChI=1S/C14H13ClN2O2/c15-12-3-4-16-13-2-1-10(9-11(12)13)14(18)17-5-7-19-8-6-17/h1-4,9H,5-8H2. The normalized spacial score (nSPS) is 15.7. The van der Waals surface area contributed by atoms with E-state index in [2.05, 4.69) is 4.98 Å². The summed E-state index contributed by atoms with van der Waals surface area (Å²) in [6, 6.07) is 7.16. The Kier molecular flexibility index (Phi) is 3.36. The van der Waals surface area contributed by atoms with Crippen LogP contribution in [-0.4, -0.2) is 42.1 Å². The quantitative estimate of drug-likeness (QED) is 0.803. The van der Waals surface area contributed by atoms with Gasteiger partial charge in [-0.15, -0.1) is 0 Å². The van der Waals surface area contributed by atoms with Gasteiger partial charge >= 0.3 is 0 Å². The summed E-state index contributed by atoms with van der Waals surface area (Å²) < 4.78 is 5.25. The van der Waals surface area contributed by atoms with Gasteiger partial charge in [0, 0.05) is 30.2 Å². The van der Waals surface area contributed by atoms with Crippen LogP contribution in [0.1, 0.15) is 10.4 Å². The predicted molar refractivity (Wildman–Crippen MR) is 73.5 cm³/mol. The number of carbonyl (C=O) groups is 1. The van der Waals surface area contributed by atoms with Gasteiger partial charge in [0.25, 0.3) is 5.91 Å². The molecule has 98 valence electrons. The number of hydrogen-bond donors (Lipinski definition) is 0. The molecule has 0 unspecified atom stereocenters. The lowest BCUT2D eigenvalue weighted by Gasteiger charge is -2.26. The first kappa shape index (κ1) is 12.4. The fourth-order valence-electron chi connectivity index (χ4n) is 2.19. The molecule has 0 bridgehead atoms. The highest BCUT2D eigenvalue weighted by Gasteiger charge is 2.18. The van der Waals surface area contributed by atoms with Gasteiger partial charge in [-0.1, -0.05) is 11.6 Å². The van der Waals surface area contributed by atoms with Crippen LogP contribution in [-0.2, 0) is 4.74 Å². The van der Waals surface area contributed by atoms with Crippen molar-refractivity contribution < 1.29 is 9.53 Å². The van der Waals surface area contributed by atoms with Crippen LogP contribution in [0.3, 0.4) is 0 Å². The highest BCUT2D eigenvalue weighted by molar-refractivity contribution is 6.35. The molecule has 0 radical (unpaired) electrons. The topological polar surface area (TPSA) is 42.4 Å². The van der Waals surface area contributed by atoms with Crippen molar-refractivity contribution in [3.05, 3.63) is 41.0 Å². The predicted octanol–water partition coefficient (Wildman–Crippen LogP) is 2.36. The van der Waals surface area contributed by atoms with Crippen LogP contribution in [0.15, 0.2) is 30.5 Å². The van der Waals surface area contributed by atoms with Crippen molar-refractivity contribution in [2.75, 3.05) is 26.3 Å². The van der Waals surface area contributed by atoms with Gasteiger partial charge in [0.15, 0.2) is 0 Å². The molecule has 1 amide bonds. The maximum absolute atomic E-state index is 12.4. The molecule has 19 heavy (non-hydrogen) atoms. The molecular weight excluding hydrogens is 264 g/mol. The van der Waals surface area contributed by atoms with Crippen molar-refractivity contribution in [3.63, 3.8) is 0 Å². The number of morpholine rings is 1. The summed E-state index contributed by atoms with van der Waals surface area (Å²) in [7, 11) is 0. The smallest absolute Gasteiger partial charge is 0.254 e. The van der Waals surface area contributed by atoms with E-state index in [1.807, 2.05) is 12.1 Å². The Morgan fingerprint density at radius 2 is 2.05 bits per heavy atom. The lowest BCUT2D eigenvalue weighted by molar-refractivity contribution is 0.0303. The molecule has 1 saturated heterocycles. The van der Waals surface area contributed by atoms with E-state index in [-0.39, 0.29) is 5.91 Å². The van der Waals surface area contributed by atoms with Crippen molar-refractivity contribution in [1.82, 2.24) is 9.88 Å². The highest BCUT2D eigenvalue weighted by Crippen LogP contribution is 2.23. The third kappa shape index (κ3) is 2.41. The van der Waals surface area contributed by atoms with Gasteiger partial charge in [-0.2, -0.15) is 0 Å². The summed E-state index contributed by atoms with van der Waals surface area (Å²) in [5.41, 5.74) is 1.44. The van der Waals surface area contributed by atoms with Gasteiger partial charge in [-0.25, -0.2) is 0 Å². The zero-order chi connectivity index (χ0) is 13.2. The molecule has 1 aliphatic rings. The van der Waals surface area contributed by atoms with Gasteiger partial charge in [0.2, 0.25) is 0 Å². The first-order chi connectivity index (χ1) is 9.25. The molecule has 2 aromatic rings. The monoisotopic (exact) mass is 276 g/mol. The number of amides is 1. The molecule has 1 fully saturated rings. The number of ether oxygens (including phenoxy) is 1. The molecular formula is C14H13ClN2O2. The first-order valence-corrected chi connectivity index (χ1v) is 6.55. The first-order valence-electron chi connectivity index (χ1n) is 6.17. The van der Waals surface area contributed by atoms with E-state index in [4.69, 9.17) is 16.3 Å². The molecule has 5 heteroatoms.